The molecule has 2 N–H and O–H groups in total. The van der Waals surface area contributed by atoms with Crippen LogP contribution in [-0.4, -0.2) is 21.8 Å². The highest BCUT2D eigenvalue weighted by Crippen LogP contribution is 2.26. The van der Waals surface area contributed by atoms with Crippen molar-refractivity contribution in [1.29, 1.82) is 0 Å². The number of ether oxygens (including phenoxy) is 2. The lowest BCUT2D eigenvalue weighted by Crippen LogP contribution is -2.19. The summed E-state index contributed by atoms with van der Waals surface area (Å²) in [5.74, 6) is 0.312. The minimum atomic E-state index is -4.83. The maximum Gasteiger partial charge on any atom is 0.573 e. The fourth-order valence-electron chi connectivity index (χ4n) is 3.75. The zero-order valence-corrected chi connectivity index (χ0v) is 19.0. The SMILES string of the molecule is O=C(Nc1cccc(Oc2ccccc2)c1)c1cc2ccc(=O)n(-c3ccc(OC(F)(F)F)cc3)c2[nH]1. The van der Waals surface area contributed by atoms with E-state index in [-0.39, 0.29) is 5.69 Å². The number of nitrogens with one attached hydrogen (secondary N) is 2. The Morgan fingerprint density at radius 3 is 2.27 bits per heavy atom. The van der Waals surface area contributed by atoms with Gasteiger partial charge in [-0.25, -0.2) is 0 Å². The van der Waals surface area contributed by atoms with Gasteiger partial charge in [-0.15, -0.1) is 13.2 Å². The van der Waals surface area contributed by atoms with Crippen LogP contribution in [0.2, 0.25) is 0 Å². The molecule has 1 amide bonds. The Bertz CT molecular complexity index is 1630. The fourth-order valence-corrected chi connectivity index (χ4v) is 3.75. The molecule has 0 fully saturated rings. The zero-order chi connectivity index (χ0) is 26.0. The monoisotopic (exact) mass is 505 g/mol. The summed E-state index contributed by atoms with van der Waals surface area (Å²) in [5.41, 5.74) is 0.847. The summed E-state index contributed by atoms with van der Waals surface area (Å²) in [6.45, 7) is 0. The number of alkyl halides is 3. The van der Waals surface area contributed by atoms with Crippen molar-refractivity contribution in [3.63, 3.8) is 0 Å². The van der Waals surface area contributed by atoms with Gasteiger partial charge in [0.05, 0.1) is 5.69 Å². The lowest BCUT2D eigenvalue weighted by Gasteiger charge is -2.11. The van der Waals surface area contributed by atoms with Gasteiger partial charge >= 0.3 is 6.36 Å². The summed E-state index contributed by atoms with van der Waals surface area (Å²) in [5, 5.41) is 3.34. The molecule has 0 saturated heterocycles. The number of hydrogen-bond acceptors (Lipinski definition) is 4. The van der Waals surface area contributed by atoms with E-state index in [9.17, 15) is 22.8 Å². The van der Waals surface area contributed by atoms with E-state index in [2.05, 4.69) is 15.0 Å². The fraction of sp³-hybridized carbons (Fsp3) is 0.0370. The predicted molar refractivity (Wildman–Crippen MR) is 131 cm³/mol. The van der Waals surface area contributed by atoms with Crippen molar-refractivity contribution in [2.75, 3.05) is 5.32 Å². The normalized spacial score (nSPS) is 11.3. The highest BCUT2D eigenvalue weighted by molar-refractivity contribution is 6.05. The van der Waals surface area contributed by atoms with Crippen LogP contribution in [0.4, 0.5) is 18.9 Å². The smallest absolute Gasteiger partial charge is 0.457 e. The van der Waals surface area contributed by atoms with Gasteiger partial charge in [0.25, 0.3) is 11.5 Å². The number of H-pyrrole nitrogens is 1. The summed E-state index contributed by atoms with van der Waals surface area (Å²) in [6, 6.07) is 25.4. The first-order chi connectivity index (χ1) is 17.7. The standard InChI is InChI=1S/C27H18F3N3O4/c28-27(29,30)37-21-12-10-19(11-13-21)33-24(34)14-9-17-15-23(32-25(17)33)26(35)31-18-5-4-8-22(16-18)36-20-6-2-1-3-7-20/h1-16,32H,(H,31,35). The maximum atomic E-state index is 13.0. The third-order valence-electron chi connectivity index (χ3n) is 5.32. The Morgan fingerprint density at radius 1 is 0.811 bits per heavy atom. The number of anilines is 1. The van der Waals surface area contributed by atoms with E-state index in [0.29, 0.717) is 33.9 Å². The molecule has 2 heterocycles. The number of benzene rings is 3. The molecule has 0 saturated carbocycles. The van der Waals surface area contributed by atoms with Gasteiger partial charge in [0, 0.05) is 23.2 Å². The number of hydrogen-bond donors (Lipinski definition) is 2. The van der Waals surface area contributed by atoms with Crippen molar-refractivity contribution in [2.24, 2.45) is 0 Å². The molecule has 2 aromatic heterocycles. The molecule has 0 atom stereocenters. The first-order valence-corrected chi connectivity index (χ1v) is 11.0. The molecular weight excluding hydrogens is 487 g/mol. The molecule has 0 bridgehead atoms. The highest BCUT2D eigenvalue weighted by Gasteiger charge is 2.31. The van der Waals surface area contributed by atoms with Gasteiger partial charge in [-0.1, -0.05) is 24.3 Å². The van der Waals surface area contributed by atoms with Crippen LogP contribution in [0.5, 0.6) is 17.2 Å². The molecule has 0 aliphatic rings. The minimum absolute atomic E-state index is 0.181. The molecule has 3 aromatic carbocycles. The number of aromatic nitrogens is 2. The topological polar surface area (TPSA) is 85.3 Å². The Balaban J connectivity index is 1.40. The van der Waals surface area contributed by atoms with Crippen LogP contribution >= 0.6 is 0 Å². The van der Waals surface area contributed by atoms with Crippen LogP contribution in [0.15, 0.2) is 102 Å². The molecule has 5 aromatic rings. The number of pyridine rings is 1. The number of fused-ring (bicyclic) bond motifs is 1. The number of amides is 1. The lowest BCUT2D eigenvalue weighted by atomic mass is 10.2. The van der Waals surface area contributed by atoms with Crippen molar-refractivity contribution in [2.45, 2.75) is 6.36 Å². The Hall–Kier alpha value is -4.99. The third kappa shape index (κ3) is 5.48. The minimum Gasteiger partial charge on any atom is -0.457 e. The highest BCUT2D eigenvalue weighted by atomic mass is 19.4. The predicted octanol–water partition coefficient (Wildman–Crippen LogP) is 6.26. The Labute approximate surface area is 207 Å². The van der Waals surface area contributed by atoms with Crippen molar-refractivity contribution in [3.05, 3.63) is 113 Å². The first-order valence-electron chi connectivity index (χ1n) is 11.0. The van der Waals surface area contributed by atoms with Crippen LogP contribution in [-0.2, 0) is 0 Å². The van der Waals surface area contributed by atoms with Crippen molar-refractivity contribution in [1.82, 2.24) is 9.55 Å². The second kappa shape index (κ2) is 9.57. The van der Waals surface area contributed by atoms with Crippen LogP contribution in [0.25, 0.3) is 16.7 Å². The molecule has 7 nitrogen and oxygen atoms in total. The quantitative estimate of drug-likeness (QED) is 0.285. The lowest BCUT2D eigenvalue weighted by molar-refractivity contribution is -0.274. The molecular formula is C27H18F3N3O4. The third-order valence-corrected chi connectivity index (χ3v) is 5.32. The molecule has 0 spiro atoms. The summed E-state index contributed by atoms with van der Waals surface area (Å²) >= 11 is 0. The summed E-state index contributed by atoms with van der Waals surface area (Å²) in [7, 11) is 0. The zero-order valence-electron chi connectivity index (χ0n) is 19.0. The summed E-state index contributed by atoms with van der Waals surface area (Å²) in [6.07, 6.45) is -4.83. The van der Waals surface area contributed by atoms with Gasteiger partial charge in [-0.05, 0) is 60.7 Å². The van der Waals surface area contributed by atoms with Gasteiger partial charge in [0.1, 0.15) is 28.6 Å². The molecule has 0 unspecified atom stereocenters. The van der Waals surface area contributed by atoms with Gasteiger partial charge in [-0.2, -0.15) is 0 Å². The number of carbonyl (C=O) groups is 1. The van der Waals surface area contributed by atoms with Gasteiger partial charge < -0.3 is 19.8 Å². The number of nitrogens with zero attached hydrogens (tertiary/aromatic N) is 1. The average Bonchev–Trinajstić information content (AvgIpc) is 3.29. The first kappa shape index (κ1) is 23.7. The number of rotatable bonds is 6. The van der Waals surface area contributed by atoms with Crippen molar-refractivity contribution < 1.29 is 27.4 Å². The molecule has 186 valence electrons. The number of aromatic amines is 1. The van der Waals surface area contributed by atoms with Gasteiger partial charge in [0.15, 0.2) is 0 Å². The van der Waals surface area contributed by atoms with Gasteiger partial charge in [-0.3, -0.25) is 14.2 Å². The summed E-state index contributed by atoms with van der Waals surface area (Å²) < 4.78 is 48.3. The second-order valence-corrected chi connectivity index (χ2v) is 7.93. The molecule has 37 heavy (non-hydrogen) atoms. The van der Waals surface area contributed by atoms with E-state index < -0.39 is 23.6 Å². The van der Waals surface area contributed by atoms with E-state index in [0.717, 1.165) is 12.1 Å². The number of halogens is 3. The number of para-hydroxylation sites is 1. The number of carbonyl (C=O) groups excluding carboxylic acids is 1. The Kier molecular flexibility index (Phi) is 6.14. The van der Waals surface area contributed by atoms with Crippen LogP contribution in [0.1, 0.15) is 10.5 Å². The maximum absolute atomic E-state index is 13.0. The van der Waals surface area contributed by atoms with E-state index >= 15 is 0 Å². The van der Waals surface area contributed by atoms with E-state index in [4.69, 9.17) is 4.74 Å². The molecule has 10 heteroatoms. The van der Waals surface area contributed by atoms with E-state index in [1.807, 2.05) is 30.3 Å². The van der Waals surface area contributed by atoms with Crippen LogP contribution in [0.3, 0.4) is 0 Å². The molecule has 5 rings (SSSR count). The van der Waals surface area contributed by atoms with E-state index in [1.165, 1.54) is 22.8 Å². The largest absolute Gasteiger partial charge is 0.573 e. The second-order valence-electron chi connectivity index (χ2n) is 7.93. The average molecular weight is 505 g/mol. The van der Waals surface area contributed by atoms with Crippen molar-refractivity contribution in [3.8, 4) is 22.9 Å². The summed E-state index contributed by atoms with van der Waals surface area (Å²) in [4.78, 5) is 28.5. The van der Waals surface area contributed by atoms with Crippen LogP contribution in [0, 0.1) is 0 Å². The van der Waals surface area contributed by atoms with Gasteiger partial charge in [0.2, 0.25) is 0 Å². The van der Waals surface area contributed by atoms with Crippen LogP contribution < -0.4 is 20.3 Å². The Morgan fingerprint density at radius 2 is 1.54 bits per heavy atom. The molecule has 0 aliphatic heterocycles. The molecule has 0 radical (unpaired) electrons. The molecule has 0 aliphatic carbocycles. The van der Waals surface area contributed by atoms with E-state index in [1.54, 1.807) is 36.4 Å². The van der Waals surface area contributed by atoms with Crippen molar-refractivity contribution >= 4 is 22.6 Å².